The summed E-state index contributed by atoms with van der Waals surface area (Å²) in [5, 5.41) is 5.34. The van der Waals surface area contributed by atoms with Crippen molar-refractivity contribution in [2.24, 2.45) is 5.92 Å². The zero-order valence-electron chi connectivity index (χ0n) is 11.6. The summed E-state index contributed by atoms with van der Waals surface area (Å²) in [7, 11) is 0. The van der Waals surface area contributed by atoms with Gasteiger partial charge in [-0.1, -0.05) is 0 Å². The van der Waals surface area contributed by atoms with Gasteiger partial charge < -0.3 is 20.8 Å². The van der Waals surface area contributed by atoms with E-state index in [1.54, 1.807) is 12.4 Å². The molecule has 6 heteroatoms. The van der Waals surface area contributed by atoms with Gasteiger partial charge in [0.05, 0.1) is 23.7 Å². The van der Waals surface area contributed by atoms with Crippen LogP contribution in [0.15, 0.2) is 24.5 Å². The van der Waals surface area contributed by atoms with E-state index in [2.05, 4.69) is 20.3 Å². The Labute approximate surface area is 121 Å². The molecule has 1 fully saturated rings. The van der Waals surface area contributed by atoms with Gasteiger partial charge in [0.15, 0.2) is 0 Å². The summed E-state index contributed by atoms with van der Waals surface area (Å²) < 4.78 is 6.05. The average Bonchev–Trinajstić information content (AvgIpc) is 3.12. The summed E-state index contributed by atoms with van der Waals surface area (Å²) in [4.78, 5) is 11.7. The first kappa shape index (κ1) is 12.4. The molecule has 1 atom stereocenters. The molecule has 0 aromatic carbocycles. The summed E-state index contributed by atoms with van der Waals surface area (Å²) in [6.45, 7) is 2.83. The third-order valence-corrected chi connectivity index (χ3v) is 4.00. The molecule has 108 valence electrons. The van der Waals surface area contributed by atoms with Crippen LogP contribution >= 0.6 is 0 Å². The molecule has 1 saturated heterocycles. The second-order valence-corrected chi connectivity index (χ2v) is 5.48. The van der Waals surface area contributed by atoms with Crippen molar-refractivity contribution in [3.63, 3.8) is 0 Å². The Morgan fingerprint density at radius 3 is 3.19 bits per heavy atom. The van der Waals surface area contributed by atoms with Gasteiger partial charge >= 0.3 is 0 Å². The number of aromatic nitrogens is 3. The monoisotopic (exact) mass is 283 g/mol. The predicted octanol–water partition coefficient (Wildman–Crippen LogP) is 1.68. The van der Waals surface area contributed by atoms with E-state index >= 15 is 0 Å². The lowest BCUT2D eigenvalue weighted by Gasteiger charge is -2.11. The topological polar surface area (TPSA) is 88.9 Å². The zero-order valence-corrected chi connectivity index (χ0v) is 11.6. The zero-order chi connectivity index (χ0) is 14.2. The third kappa shape index (κ3) is 2.17. The van der Waals surface area contributed by atoms with E-state index in [-0.39, 0.29) is 0 Å². The minimum atomic E-state index is 0.498. The van der Waals surface area contributed by atoms with Crippen molar-refractivity contribution in [1.82, 2.24) is 20.3 Å². The Morgan fingerprint density at radius 2 is 2.33 bits per heavy atom. The van der Waals surface area contributed by atoms with Gasteiger partial charge in [-0.15, -0.1) is 0 Å². The lowest BCUT2D eigenvalue weighted by atomic mass is 10.1. The highest BCUT2D eigenvalue weighted by atomic mass is 16.5. The third-order valence-electron chi connectivity index (χ3n) is 4.00. The van der Waals surface area contributed by atoms with Gasteiger partial charge in [0.2, 0.25) is 0 Å². The molecule has 0 radical (unpaired) electrons. The van der Waals surface area contributed by atoms with Crippen LogP contribution in [0, 0.1) is 5.92 Å². The van der Waals surface area contributed by atoms with Gasteiger partial charge in [0.1, 0.15) is 17.2 Å². The molecule has 4 N–H and O–H groups in total. The quantitative estimate of drug-likeness (QED) is 0.680. The van der Waals surface area contributed by atoms with Gasteiger partial charge in [-0.3, -0.25) is 0 Å². The van der Waals surface area contributed by atoms with Crippen LogP contribution in [-0.2, 0) is 0 Å². The van der Waals surface area contributed by atoms with Crippen molar-refractivity contribution in [2.45, 2.75) is 6.42 Å². The number of nitrogens with zero attached hydrogens (tertiary/aromatic N) is 2. The van der Waals surface area contributed by atoms with Crippen molar-refractivity contribution in [3.05, 3.63) is 24.5 Å². The molecular formula is C15H17N5O. The summed E-state index contributed by atoms with van der Waals surface area (Å²) >= 11 is 0. The Morgan fingerprint density at radius 1 is 1.38 bits per heavy atom. The first-order valence-electron chi connectivity index (χ1n) is 7.16. The molecule has 1 aliphatic rings. The highest BCUT2D eigenvalue weighted by Gasteiger charge is 2.17. The van der Waals surface area contributed by atoms with Crippen LogP contribution in [0.5, 0.6) is 5.75 Å². The maximum absolute atomic E-state index is 6.05. The summed E-state index contributed by atoms with van der Waals surface area (Å²) in [5.41, 5.74) is 7.53. The average molecular weight is 283 g/mol. The van der Waals surface area contributed by atoms with E-state index in [1.165, 1.54) is 6.42 Å². The first-order valence-corrected chi connectivity index (χ1v) is 7.16. The highest BCUT2D eigenvalue weighted by molar-refractivity contribution is 6.09. The van der Waals surface area contributed by atoms with Gasteiger partial charge in [0, 0.05) is 24.0 Å². The second kappa shape index (κ2) is 4.89. The maximum atomic E-state index is 6.05. The number of nitrogens with one attached hydrogen (secondary N) is 2. The molecule has 4 heterocycles. The molecule has 0 aliphatic carbocycles. The van der Waals surface area contributed by atoms with E-state index < -0.39 is 0 Å². The van der Waals surface area contributed by atoms with Gasteiger partial charge in [-0.05, 0) is 25.1 Å². The van der Waals surface area contributed by atoms with Crippen LogP contribution in [0.25, 0.3) is 21.9 Å². The second-order valence-electron chi connectivity index (χ2n) is 5.48. The fourth-order valence-corrected chi connectivity index (χ4v) is 2.89. The summed E-state index contributed by atoms with van der Waals surface area (Å²) in [5.74, 6) is 1.92. The standard InChI is InChI=1S/C15H17N5O/c16-13-5-10-11(7-19-13)20-15-14(10)12(2-4-18-15)21-8-9-1-3-17-6-9/h2,4-5,7,9,17H,1,3,6,8H2,(H2,16,19)(H,18,20)/t9-/m1/s1. The number of rotatable bonds is 3. The molecule has 3 aromatic heterocycles. The number of hydrogen-bond donors (Lipinski definition) is 3. The largest absolute Gasteiger partial charge is 0.492 e. The fourth-order valence-electron chi connectivity index (χ4n) is 2.89. The molecule has 0 saturated carbocycles. The fraction of sp³-hybridized carbons (Fsp3) is 0.333. The first-order chi connectivity index (χ1) is 10.3. The number of H-pyrrole nitrogens is 1. The van der Waals surface area contributed by atoms with Crippen LogP contribution < -0.4 is 15.8 Å². The molecular weight excluding hydrogens is 266 g/mol. The van der Waals surface area contributed by atoms with Gasteiger partial charge in [-0.25, -0.2) is 9.97 Å². The van der Waals surface area contributed by atoms with Crippen molar-refractivity contribution in [2.75, 3.05) is 25.4 Å². The van der Waals surface area contributed by atoms with Gasteiger partial charge in [0.25, 0.3) is 0 Å². The highest BCUT2D eigenvalue weighted by Crippen LogP contribution is 2.32. The van der Waals surface area contributed by atoms with Crippen molar-refractivity contribution in [1.29, 1.82) is 0 Å². The van der Waals surface area contributed by atoms with Crippen molar-refractivity contribution in [3.8, 4) is 5.75 Å². The molecule has 0 bridgehead atoms. The molecule has 1 aliphatic heterocycles. The van der Waals surface area contributed by atoms with E-state index in [9.17, 15) is 0 Å². The SMILES string of the molecule is Nc1cc2c(cn1)[nH]c1nccc(OC[C@@H]3CCNC3)c12. The van der Waals surface area contributed by atoms with Crippen LogP contribution in [0.2, 0.25) is 0 Å². The van der Waals surface area contributed by atoms with Crippen molar-refractivity contribution >= 4 is 27.8 Å². The Bertz CT molecular complexity index is 791. The number of fused-ring (bicyclic) bond motifs is 3. The van der Waals surface area contributed by atoms with Crippen molar-refractivity contribution < 1.29 is 4.74 Å². The minimum Gasteiger partial charge on any atom is -0.492 e. The Hall–Kier alpha value is -2.34. The number of pyridine rings is 2. The lowest BCUT2D eigenvalue weighted by molar-refractivity contribution is 0.263. The van der Waals surface area contributed by atoms with E-state index in [0.29, 0.717) is 11.7 Å². The van der Waals surface area contributed by atoms with Crippen LogP contribution in [0.3, 0.4) is 0 Å². The van der Waals surface area contributed by atoms with Crippen LogP contribution in [0.4, 0.5) is 5.82 Å². The number of nitrogens with two attached hydrogens (primary N) is 1. The molecule has 3 aromatic rings. The summed E-state index contributed by atoms with van der Waals surface area (Å²) in [6, 6.07) is 3.77. The molecule has 6 nitrogen and oxygen atoms in total. The van der Waals surface area contributed by atoms with Gasteiger partial charge in [-0.2, -0.15) is 0 Å². The van der Waals surface area contributed by atoms with Crippen LogP contribution in [-0.4, -0.2) is 34.6 Å². The maximum Gasteiger partial charge on any atom is 0.142 e. The number of hydrogen-bond acceptors (Lipinski definition) is 5. The lowest BCUT2D eigenvalue weighted by Crippen LogP contribution is -2.15. The Balaban J connectivity index is 1.76. The number of aromatic amines is 1. The van der Waals surface area contributed by atoms with E-state index in [4.69, 9.17) is 10.5 Å². The number of ether oxygens (including phenoxy) is 1. The molecule has 0 unspecified atom stereocenters. The normalized spacial score (nSPS) is 18.6. The van der Waals surface area contributed by atoms with Crippen LogP contribution in [0.1, 0.15) is 6.42 Å². The smallest absolute Gasteiger partial charge is 0.142 e. The predicted molar refractivity (Wildman–Crippen MR) is 82.3 cm³/mol. The molecule has 0 spiro atoms. The molecule has 0 amide bonds. The number of nitrogen functional groups attached to an aromatic ring is 1. The van der Waals surface area contributed by atoms with E-state index in [0.717, 1.165) is 47.4 Å². The molecule has 4 rings (SSSR count). The van der Waals surface area contributed by atoms with E-state index in [1.807, 2.05) is 12.1 Å². The molecule has 21 heavy (non-hydrogen) atoms. The Kier molecular flexibility index (Phi) is 2.89. The number of anilines is 1. The minimum absolute atomic E-state index is 0.498. The summed E-state index contributed by atoms with van der Waals surface area (Å²) in [6.07, 6.45) is 4.66.